The molecular formula is C62H54O14. The summed E-state index contributed by atoms with van der Waals surface area (Å²) in [6.45, 7) is 8.21. The van der Waals surface area contributed by atoms with E-state index in [0.29, 0.717) is 73.4 Å². The molecule has 8 aromatic carbocycles. The summed E-state index contributed by atoms with van der Waals surface area (Å²) in [5.74, 6) is -0.576. The van der Waals surface area contributed by atoms with Crippen LogP contribution in [0.5, 0.6) is 34.5 Å². The monoisotopic (exact) mass is 1020 g/mol. The third kappa shape index (κ3) is 11.6. The van der Waals surface area contributed by atoms with Crippen LogP contribution >= 0.6 is 0 Å². The van der Waals surface area contributed by atoms with Crippen LogP contribution in [0.15, 0.2) is 170 Å². The van der Waals surface area contributed by atoms with Gasteiger partial charge in [0.05, 0.1) is 61.9 Å². The molecule has 14 heteroatoms. The molecule has 2 heterocycles. The van der Waals surface area contributed by atoms with Gasteiger partial charge in [-0.3, -0.25) is 0 Å². The molecule has 0 radical (unpaired) electrons. The highest BCUT2D eigenvalue weighted by Gasteiger charge is 2.38. The molecule has 0 amide bonds. The summed E-state index contributed by atoms with van der Waals surface area (Å²) in [5, 5.41) is 3.18. The number of hydrogen-bond donors (Lipinski definition) is 0. The second-order valence-corrected chi connectivity index (χ2v) is 18.9. The largest absolute Gasteiger partial charge is 0.468 e. The lowest BCUT2D eigenvalue weighted by atomic mass is 9.84. The molecule has 0 spiro atoms. The quantitative estimate of drug-likeness (QED) is 0.0289. The lowest BCUT2D eigenvalue weighted by Gasteiger charge is -2.40. The first-order valence-electron chi connectivity index (χ1n) is 25.0. The molecule has 14 nitrogen and oxygen atoms in total. The van der Waals surface area contributed by atoms with E-state index in [1.165, 1.54) is 48.5 Å². The summed E-state index contributed by atoms with van der Waals surface area (Å²) in [4.78, 5) is 54.2. The normalized spacial score (nSPS) is 14.2. The lowest BCUT2D eigenvalue weighted by Crippen LogP contribution is -2.45. The Morgan fingerprint density at radius 1 is 0.395 bits per heavy atom. The van der Waals surface area contributed by atoms with Crippen LogP contribution in [0, 0.1) is 10.8 Å². The number of carbonyl (C=O) groups is 4. The summed E-state index contributed by atoms with van der Waals surface area (Å²) >= 11 is 0. The second kappa shape index (κ2) is 23.0. The van der Waals surface area contributed by atoms with Crippen molar-refractivity contribution in [3.05, 3.63) is 192 Å². The number of hydrogen-bond acceptors (Lipinski definition) is 14. The SMILES string of the molecule is CCC1(COCOc2ccc(C(=O)Oc3ccc(C(=O)Oc4ccc5ccccc5c4-c4c(OC(=O)c5ccc(OC(=O)c6ccc(OCOCC7(CC)COC7)cc6)cc5)ccc5ccccc45)cc3)cc2)COC1. The fraction of sp³-hybridized carbons (Fsp3) is 0.226. The van der Waals surface area contributed by atoms with Crippen molar-refractivity contribution in [3.8, 4) is 45.6 Å². The van der Waals surface area contributed by atoms with Gasteiger partial charge >= 0.3 is 23.9 Å². The summed E-state index contributed by atoms with van der Waals surface area (Å²) in [5.41, 5.74) is 2.15. The van der Waals surface area contributed by atoms with E-state index < -0.39 is 23.9 Å². The molecule has 10 rings (SSSR count). The first-order valence-corrected chi connectivity index (χ1v) is 25.0. The molecule has 0 aliphatic carbocycles. The highest BCUT2D eigenvalue weighted by Crippen LogP contribution is 2.46. The van der Waals surface area contributed by atoms with Gasteiger partial charge in [0.1, 0.15) is 34.5 Å². The first-order chi connectivity index (χ1) is 37.1. The molecular weight excluding hydrogens is 969 g/mol. The Balaban J connectivity index is 0.803. The van der Waals surface area contributed by atoms with E-state index in [2.05, 4.69) is 13.8 Å². The van der Waals surface area contributed by atoms with Gasteiger partial charge in [0.2, 0.25) is 0 Å². The Hall–Kier alpha value is -8.40. The second-order valence-electron chi connectivity index (χ2n) is 18.9. The maximum Gasteiger partial charge on any atom is 0.343 e. The van der Waals surface area contributed by atoms with Crippen molar-refractivity contribution in [2.24, 2.45) is 10.8 Å². The molecule has 2 aliphatic rings. The number of fused-ring (bicyclic) bond motifs is 2. The van der Waals surface area contributed by atoms with Gasteiger partial charge in [0.15, 0.2) is 13.6 Å². The lowest BCUT2D eigenvalue weighted by molar-refractivity contribution is -0.162. The van der Waals surface area contributed by atoms with Crippen molar-refractivity contribution in [1.82, 2.24) is 0 Å². The maximum atomic E-state index is 14.0. The van der Waals surface area contributed by atoms with Gasteiger partial charge in [-0.1, -0.05) is 74.5 Å². The first kappa shape index (κ1) is 51.1. The van der Waals surface area contributed by atoms with E-state index in [1.54, 1.807) is 60.7 Å². The van der Waals surface area contributed by atoms with E-state index in [9.17, 15) is 19.2 Å². The third-order valence-corrected chi connectivity index (χ3v) is 13.8. The molecule has 0 bridgehead atoms. The summed E-state index contributed by atoms with van der Waals surface area (Å²) in [6.07, 6.45) is 1.93. The zero-order valence-corrected chi connectivity index (χ0v) is 42.0. The number of rotatable bonds is 21. The summed E-state index contributed by atoms with van der Waals surface area (Å²) in [7, 11) is 0. The average Bonchev–Trinajstić information content (AvgIpc) is 3.44. The fourth-order valence-electron chi connectivity index (χ4n) is 8.83. The van der Waals surface area contributed by atoms with Gasteiger partial charge in [-0.2, -0.15) is 0 Å². The van der Waals surface area contributed by atoms with Crippen LogP contribution in [0.2, 0.25) is 0 Å². The Morgan fingerprint density at radius 2 is 0.724 bits per heavy atom. The van der Waals surface area contributed by atoms with Crippen molar-refractivity contribution >= 4 is 45.4 Å². The van der Waals surface area contributed by atoms with Crippen LogP contribution in [0.3, 0.4) is 0 Å². The van der Waals surface area contributed by atoms with E-state index in [4.69, 9.17) is 47.4 Å². The Labute approximate surface area is 438 Å². The Morgan fingerprint density at radius 3 is 1.05 bits per heavy atom. The Kier molecular flexibility index (Phi) is 15.5. The molecule has 8 aromatic rings. The van der Waals surface area contributed by atoms with Crippen LogP contribution < -0.4 is 28.4 Å². The molecule has 2 saturated heterocycles. The smallest absolute Gasteiger partial charge is 0.343 e. The minimum Gasteiger partial charge on any atom is -0.468 e. The van der Waals surface area contributed by atoms with Gasteiger partial charge < -0.3 is 47.4 Å². The number of carbonyl (C=O) groups excluding carboxylic acids is 4. The highest BCUT2D eigenvalue weighted by molar-refractivity contribution is 6.11. The molecule has 76 heavy (non-hydrogen) atoms. The highest BCUT2D eigenvalue weighted by atomic mass is 16.7. The van der Waals surface area contributed by atoms with Crippen LogP contribution in [0.25, 0.3) is 32.7 Å². The van der Waals surface area contributed by atoms with Gasteiger partial charge in [-0.15, -0.1) is 0 Å². The van der Waals surface area contributed by atoms with Crippen molar-refractivity contribution in [1.29, 1.82) is 0 Å². The molecule has 0 saturated carbocycles. The van der Waals surface area contributed by atoms with Crippen LogP contribution in [0.4, 0.5) is 0 Å². The fourth-order valence-corrected chi connectivity index (χ4v) is 8.83. The molecule has 0 unspecified atom stereocenters. The predicted octanol–water partition coefficient (Wildman–Crippen LogP) is 12.1. The van der Waals surface area contributed by atoms with E-state index in [1.807, 2.05) is 60.7 Å². The predicted molar refractivity (Wildman–Crippen MR) is 282 cm³/mol. The van der Waals surface area contributed by atoms with Gasteiger partial charge in [-0.05, 0) is 144 Å². The number of ether oxygens (including phenoxy) is 10. The van der Waals surface area contributed by atoms with Crippen LogP contribution in [-0.2, 0) is 18.9 Å². The van der Waals surface area contributed by atoms with E-state index >= 15 is 0 Å². The van der Waals surface area contributed by atoms with E-state index in [-0.39, 0.29) is 58.5 Å². The minimum atomic E-state index is -0.674. The van der Waals surface area contributed by atoms with Gasteiger partial charge in [0, 0.05) is 22.0 Å². The summed E-state index contributed by atoms with van der Waals surface area (Å²) in [6, 6.07) is 47.6. The molecule has 2 fully saturated rings. The molecule has 0 aromatic heterocycles. The van der Waals surface area contributed by atoms with E-state index in [0.717, 1.165) is 34.4 Å². The van der Waals surface area contributed by atoms with Crippen LogP contribution in [-0.4, -0.2) is 77.1 Å². The van der Waals surface area contributed by atoms with Crippen molar-refractivity contribution in [3.63, 3.8) is 0 Å². The molecule has 0 N–H and O–H groups in total. The average molecular weight is 1020 g/mol. The molecule has 0 atom stereocenters. The zero-order chi connectivity index (χ0) is 52.5. The Bertz CT molecular complexity index is 3120. The van der Waals surface area contributed by atoms with Gasteiger partial charge in [-0.25, -0.2) is 19.2 Å². The summed E-state index contributed by atoms with van der Waals surface area (Å²) < 4.78 is 57.2. The minimum absolute atomic E-state index is 0.0510. The molecule has 386 valence electrons. The topological polar surface area (TPSA) is 161 Å². The number of esters is 4. The van der Waals surface area contributed by atoms with Crippen molar-refractivity contribution in [2.75, 3.05) is 53.2 Å². The standard InChI is InChI=1S/C62H54O14/c1-3-61(33-67-34-61)37-69-39-71-47-23-13-43(14-24-47)57(63)73-49-27-17-45(18-28-49)59(65)75-53-31-21-41-9-5-7-11-51(41)55(53)56-52-12-8-6-10-42(52)22-32-54(56)76-60(66)46-19-29-50(30-20-46)74-58(64)44-15-25-48(26-16-44)72-40-70-38-62(4-2)35-68-36-62/h5-32H,3-4,33-40H2,1-2H3. The molecule has 2 aliphatic heterocycles. The van der Waals surface area contributed by atoms with Crippen molar-refractivity contribution in [2.45, 2.75) is 26.7 Å². The third-order valence-electron chi connectivity index (χ3n) is 13.8. The maximum absolute atomic E-state index is 14.0. The van der Waals surface area contributed by atoms with Gasteiger partial charge in [0.25, 0.3) is 0 Å². The number of benzene rings is 8. The zero-order valence-electron chi connectivity index (χ0n) is 42.0. The van der Waals surface area contributed by atoms with Crippen molar-refractivity contribution < 1.29 is 66.5 Å². The van der Waals surface area contributed by atoms with Crippen LogP contribution in [0.1, 0.15) is 68.1 Å².